The van der Waals surface area contributed by atoms with Gasteiger partial charge in [-0.15, -0.1) is 0 Å². The van der Waals surface area contributed by atoms with E-state index >= 15 is 0 Å². The second-order valence-corrected chi connectivity index (χ2v) is 3.02. The molecule has 13 heavy (non-hydrogen) atoms. The molecule has 0 aliphatic heterocycles. The third kappa shape index (κ3) is 4.47. The average Bonchev–Trinajstić information content (AvgIpc) is 2.03. The van der Waals surface area contributed by atoms with Crippen LogP contribution in [0.15, 0.2) is 0 Å². The number of methoxy groups -OCH3 is 1. The van der Waals surface area contributed by atoms with Gasteiger partial charge in [-0.25, -0.2) is 0 Å². The molecule has 5 heteroatoms. The number of carbonyl (C=O) groups is 2. The predicted octanol–water partition coefficient (Wildman–Crippen LogP) is -0.142. The maximum Gasteiger partial charge on any atom is 0.320 e. The number of esters is 1. The Morgan fingerprint density at radius 1 is 1.46 bits per heavy atom. The van der Waals surface area contributed by atoms with Crippen molar-refractivity contribution in [3.05, 3.63) is 0 Å². The minimum atomic E-state index is -0.959. The van der Waals surface area contributed by atoms with E-state index in [-0.39, 0.29) is 12.5 Å². The highest BCUT2D eigenvalue weighted by atomic mass is 16.5. The van der Waals surface area contributed by atoms with Gasteiger partial charge in [-0.1, -0.05) is 13.8 Å². The summed E-state index contributed by atoms with van der Waals surface area (Å²) in [6, 6.07) is -0.709. The molecule has 76 valence electrons. The monoisotopic (exact) mass is 189 g/mol. The molecule has 0 unspecified atom stereocenters. The second-order valence-electron chi connectivity index (χ2n) is 3.02. The second kappa shape index (κ2) is 5.53. The van der Waals surface area contributed by atoms with Crippen LogP contribution in [-0.4, -0.2) is 36.7 Å². The molecule has 0 radical (unpaired) electrons. The first kappa shape index (κ1) is 11.9. The Hall–Kier alpha value is -1.10. The lowest BCUT2D eigenvalue weighted by molar-refractivity contribution is -0.142. The summed E-state index contributed by atoms with van der Waals surface area (Å²) in [7, 11) is 1.26. The van der Waals surface area contributed by atoms with Crippen molar-refractivity contribution in [3.8, 4) is 0 Å². The van der Waals surface area contributed by atoms with Crippen LogP contribution in [0.3, 0.4) is 0 Å². The minimum Gasteiger partial charge on any atom is -0.480 e. The van der Waals surface area contributed by atoms with Gasteiger partial charge in [-0.2, -0.15) is 0 Å². The summed E-state index contributed by atoms with van der Waals surface area (Å²) in [5.41, 5.74) is 0. The molecule has 0 aliphatic rings. The maximum absolute atomic E-state index is 10.7. The van der Waals surface area contributed by atoms with Crippen LogP contribution >= 0.6 is 0 Å². The molecule has 0 aliphatic carbocycles. The van der Waals surface area contributed by atoms with Gasteiger partial charge in [0.15, 0.2) is 0 Å². The third-order valence-corrected chi connectivity index (χ3v) is 1.63. The molecule has 0 heterocycles. The molecule has 0 fully saturated rings. The first-order valence-electron chi connectivity index (χ1n) is 4.02. The number of aliphatic carboxylic acids is 1. The molecule has 0 saturated heterocycles. The maximum atomic E-state index is 10.7. The number of hydrogen-bond acceptors (Lipinski definition) is 4. The van der Waals surface area contributed by atoms with Gasteiger partial charge in [0, 0.05) is 0 Å². The van der Waals surface area contributed by atoms with Crippen LogP contribution in [-0.2, 0) is 14.3 Å². The van der Waals surface area contributed by atoms with Gasteiger partial charge in [0.05, 0.1) is 13.7 Å². The fourth-order valence-corrected chi connectivity index (χ4v) is 0.874. The van der Waals surface area contributed by atoms with Gasteiger partial charge >= 0.3 is 11.9 Å². The first-order valence-corrected chi connectivity index (χ1v) is 4.02. The molecular weight excluding hydrogens is 174 g/mol. The van der Waals surface area contributed by atoms with Gasteiger partial charge < -0.3 is 9.84 Å². The number of hydrogen-bond donors (Lipinski definition) is 2. The summed E-state index contributed by atoms with van der Waals surface area (Å²) in [6.45, 7) is 3.46. The minimum absolute atomic E-state index is 0.0674. The smallest absolute Gasteiger partial charge is 0.320 e. The molecule has 0 saturated carbocycles. The summed E-state index contributed by atoms with van der Waals surface area (Å²) in [4.78, 5) is 21.3. The lowest BCUT2D eigenvalue weighted by atomic mass is 10.1. The van der Waals surface area contributed by atoms with Crippen LogP contribution in [0.2, 0.25) is 0 Å². The van der Waals surface area contributed by atoms with E-state index in [9.17, 15) is 9.59 Å². The standard InChI is InChI=1S/C8H15NO4/c1-5(2)7(8(11)12)9-4-6(10)13-3/h5,7,9H,4H2,1-3H3,(H,11,12)/t7-/m0/s1. The Morgan fingerprint density at radius 3 is 2.31 bits per heavy atom. The Labute approximate surface area is 77.1 Å². The van der Waals surface area contributed by atoms with E-state index in [0.717, 1.165) is 0 Å². The van der Waals surface area contributed by atoms with Crippen LogP contribution in [0.5, 0.6) is 0 Å². The largest absolute Gasteiger partial charge is 0.480 e. The van der Waals surface area contributed by atoms with Crippen molar-refractivity contribution in [1.82, 2.24) is 5.32 Å². The average molecular weight is 189 g/mol. The highest BCUT2D eigenvalue weighted by molar-refractivity contribution is 5.76. The SMILES string of the molecule is COC(=O)CN[C@H](C(=O)O)C(C)C. The summed E-state index contributed by atoms with van der Waals surface area (Å²) < 4.78 is 4.37. The van der Waals surface area contributed by atoms with E-state index in [1.807, 2.05) is 0 Å². The van der Waals surface area contributed by atoms with Crippen molar-refractivity contribution in [2.24, 2.45) is 5.92 Å². The Kier molecular flexibility index (Phi) is 5.06. The third-order valence-electron chi connectivity index (χ3n) is 1.63. The molecule has 0 spiro atoms. The number of rotatable bonds is 5. The van der Waals surface area contributed by atoms with Gasteiger partial charge in [-0.05, 0) is 5.92 Å². The van der Waals surface area contributed by atoms with Gasteiger partial charge in [-0.3, -0.25) is 14.9 Å². The number of nitrogens with one attached hydrogen (secondary N) is 1. The molecule has 5 nitrogen and oxygen atoms in total. The van der Waals surface area contributed by atoms with Crippen molar-refractivity contribution < 1.29 is 19.4 Å². The molecular formula is C8H15NO4. The normalized spacial score (nSPS) is 12.6. The highest BCUT2D eigenvalue weighted by Gasteiger charge is 2.21. The van der Waals surface area contributed by atoms with Crippen molar-refractivity contribution in [3.63, 3.8) is 0 Å². The molecule has 1 atom stereocenters. The van der Waals surface area contributed by atoms with Gasteiger partial charge in [0.25, 0.3) is 0 Å². The zero-order valence-corrected chi connectivity index (χ0v) is 8.03. The lowest BCUT2D eigenvalue weighted by Crippen LogP contribution is -2.43. The topological polar surface area (TPSA) is 75.6 Å². The first-order chi connectivity index (χ1) is 5.99. The van der Waals surface area contributed by atoms with E-state index in [0.29, 0.717) is 0 Å². The Bertz CT molecular complexity index is 191. The number of carboxylic acids is 1. The van der Waals surface area contributed by atoms with Crippen LogP contribution in [0.4, 0.5) is 0 Å². The molecule has 0 bridgehead atoms. The molecule has 0 amide bonds. The molecule has 0 aromatic carbocycles. The summed E-state index contributed by atoms with van der Waals surface area (Å²) in [5.74, 6) is -1.49. The van der Waals surface area contributed by atoms with E-state index < -0.39 is 18.0 Å². The van der Waals surface area contributed by atoms with Crippen LogP contribution in [0.1, 0.15) is 13.8 Å². The zero-order chi connectivity index (χ0) is 10.4. The van der Waals surface area contributed by atoms with Crippen molar-refractivity contribution in [2.45, 2.75) is 19.9 Å². The molecule has 2 N–H and O–H groups in total. The van der Waals surface area contributed by atoms with Crippen molar-refractivity contribution in [2.75, 3.05) is 13.7 Å². The fraction of sp³-hybridized carbons (Fsp3) is 0.750. The molecule has 0 aromatic rings. The number of ether oxygens (including phenoxy) is 1. The molecule has 0 aromatic heterocycles. The number of carboxylic acid groups (broad SMARTS) is 1. The lowest BCUT2D eigenvalue weighted by Gasteiger charge is -2.16. The van der Waals surface area contributed by atoms with Gasteiger partial charge in [0.1, 0.15) is 6.04 Å². The number of carbonyl (C=O) groups excluding carboxylic acids is 1. The quantitative estimate of drug-likeness (QED) is 0.589. The van der Waals surface area contributed by atoms with Crippen molar-refractivity contribution >= 4 is 11.9 Å². The Balaban J connectivity index is 3.97. The van der Waals surface area contributed by atoms with E-state index in [1.165, 1.54) is 7.11 Å². The van der Waals surface area contributed by atoms with E-state index in [2.05, 4.69) is 10.1 Å². The molecule has 0 rings (SSSR count). The van der Waals surface area contributed by atoms with Crippen molar-refractivity contribution in [1.29, 1.82) is 0 Å². The highest BCUT2D eigenvalue weighted by Crippen LogP contribution is 2.00. The fourth-order valence-electron chi connectivity index (χ4n) is 0.874. The Morgan fingerprint density at radius 2 is 2.00 bits per heavy atom. The summed E-state index contributed by atoms with van der Waals surface area (Å²) >= 11 is 0. The van der Waals surface area contributed by atoms with E-state index in [4.69, 9.17) is 5.11 Å². The summed E-state index contributed by atoms with van der Waals surface area (Å²) in [6.07, 6.45) is 0. The zero-order valence-electron chi connectivity index (χ0n) is 8.03. The van der Waals surface area contributed by atoms with Crippen LogP contribution in [0, 0.1) is 5.92 Å². The van der Waals surface area contributed by atoms with Crippen LogP contribution < -0.4 is 5.32 Å². The summed E-state index contributed by atoms with van der Waals surface area (Å²) in [5, 5.41) is 11.3. The van der Waals surface area contributed by atoms with Crippen LogP contribution in [0.25, 0.3) is 0 Å². The van der Waals surface area contributed by atoms with Gasteiger partial charge in [0.2, 0.25) is 0 Å². The predicted molar refractivity (Wildman–Crippen MR) is 46.3 cm³/mol. The van der Waals surface area contributed by atoms with E-state index in [1.54, 1.807) is 13.8 Å².